The maximum absolute atomic E-state index is 13.6. The van der Waals surface area contributed by atoms with Gasteiger partial charge in [0.05, 0.1) is 6.04 Å². The van der Waals surface area contributed by atoms with Gasteiger partial charge >= 0.3 is 24.4 Å². The van der Waals surface area contributed by atoms with E-state index in [0.29, 0.717) is 50.2 Å². The molecule has 0 radical (unpaired) electrons. The van der Waals surface area contributed by atoms with Crippen molar-refractivity contribution < 1.29 is 70.0 Å². The number of nitrogens with one attached hydrogen (secondary N) is 2. The third-order valence-corrected chi connectivity index (χ3v) is 9.76. The van der Waals surface area contributed by atoms with E-state index in [0.717, 1.165) is 5.56 Å². The van der Waals surface area contributed by atoms with E-state index in [4.69, 9.17) is 18.9 Å². The number of carbonyl (C=O) groups is 4. The highest BCUT2D eigenvalue weighted by Crippen LogP contribution is 2.35. The SMILES string of the molecule is CC(C)(C)OC(=O)N1C(=O)O[C@H](c2ccc(-c3ncon3)cc2)[C@H]1CF.CC(C)(C)OC(=O)N[C@H](CF)[C@H](O)c1ccc(-c2ncon2)cc1.O=C1N[C@H](CF)[C@@H](c2ccc(-c3ncon3)cc2)O1. The molecular formula is C45H48F3N9O12. The van der Waals surface area contributed by atoms with Crippen LogP contribution in [0.3, 0.4) is 0 Å². The van der Waals surface area contributed by atoms with Gasteiger partial charge in [-0.1, -0.05) is 88.3 Å². The average Bonchev–Trinajstić information content (AvgIpc) is 4.19. The van der Waals surface area contributed by atoms with Crippen molar-refractivity contribution in [1.82, 2.24) is 46.0 Å². The molecule has 8 rings (SSSR count). The third kappa shape index (κ3) is 13.4. The molecule has 2 aliphatic heterocycles. The molecule has 3 aromatic heterocycles. The van der Waals surface area contributed by atoms with Gasteiger partial charge in [0, 0.05) is 16.7 Å². The minimum atomic E-state index is -1.22. The number of imide groups is 1. The van der Waals surface area contributed by atoms with E-state index in [2.05, 4.69) is 54.6 Å². The van der Waals surface area contributed by atoms with Crippen LogP contribution in [0.1, 0.15) is 76.5 Å². The highest BCUT2D eigenvalue weighted by atomic mass is 19.1. The van der Waals surface area contributed by atoms with Gasteiger partial charge in [-0.3, -0.25) is 0 Å². The van der Waals surface area contributed by atoms with Crippen molar-refractivity contribution in [3.05, 3.63) is 109 Å². The molecule has 24 heteroatoms. The number of alkyl halides is 3. The Morgan fingerprint density at radius 3 is 1.57 bits per heavy atom. The van der Waals surface area contributed by atoms with Crippen LogP contribution >= 0.6 is 0 Å². The van der Waals surface area contributed by atoms with Gasteiger partial charge < -0.3 is 48.3 Å². The van der Waals surface area contributed by atoms with Crippen LogP contribution in [0.25, 0.3) is 34.2 Å². The lowest BCUT2D eigenvalue weighted by atomic mass is 10.0. The first kappa shape index (κ1) is 50.5. The van der Waals surface area contributed by atoms with Gasteiger partial charge in [0.25, 0.3) is 0 Å². The minimum Gasteiger partial charge on any atom is -0.444 e. The van der Waals surface area contributed by atoms with Gasteiger partial charge in [0.15, 0.2) is 12.2 Å². The number of aliphatic hydroxyl groups excluding tert-OH is 1. The number of cyclic esters (lactones) is 2. The number of carbonyl (C=O) groups excluding carboxylic acids is 4. The van der Waals surface area contributed by atoms with Crippen LogP contribution in [-0.4, -0.2) is 114 Å². The Morgan fingerprint density at radius 1 is 0.696 bits per heavy atom. The summed E-state index contributed by atoms with van der Waals surface area (Å²) in [6, 6.07) is 17.4. The van der Waals surface area contributed by atoms with E-state index in [1.807, 2.05) is 0 Å². The number of halogens is 3. The predicted molar refractivity (Wildman–Crippen MR) is 232 cm³/mol. The first-order valence-corrected chi connectivity index (χ1v) is 21.0. The zero-order valence-electron chi connectivity index (χ0n) is 37.9. The van der Waals surface area contributed by atoms with E-state index in [1.165, 1.54) is 19.2 Å². The summed E-state index contributed by atoms with van der Waals surface area (Å²) in [7, 11) is 0. The van der Waals surface area contributed by atoms with E-state index < -0.39 is 92.0 Å². The number of aliphatic hydroxyl groups is 1. The largest absolute Gasteiger partial charge is 0.444 e. The smallest absolute Gasteiger partial charge is 0.420 e. The molecule has 0 bridgehead atoms. The molecule has 0 unspecified atom stereocenters. The topological polar surface area (TPSA) is 269 Å². The van der Waals surface area contributed by atoms with Crippen molar-refractivity contribution in [2.24, 2.45) is 0 Å². The number of rotatable bonds is 11. The number of hydrogen-bond donors (Lipinski definition) is 3. The Labute approximate surface area is 391 Å². The number of ether oxygens (including phenoxy) is 4. The second-order valence-electron chi connectivity index (χ2n) is 17.1. The molecule has 3 N–H and O–H groups in total. The summed E-state index contributed by atoms with van der Waals surface area (Å²) >= 11 is 0. The molecule has 2 saturated heterocycles. The fourth-order valence-corrected chi connectivity index (χ4v) is 6.61. The lowest BCUT2D eigenvalue weighted by Gasteiger charge is -2.25. The second kappa shape index (κ2) is 22.3. The van der Waals surface area contributed by atoms with Gasteiger partial charge in [0.1, 0.15) is 49.4 Å². The maximum atomic E-state index is 13.6. The van der Waals surface area contributed by atoms with Gasteiger partial charge in [-0.15, -0.1) is 0 Å². The maximum Gasteiger partial charge on any atom is 0.420 e. The van der Waals surface area contributed by atoms with Crippen LogP contribution in [0.5, 0.6) is 0 Å². The molecule has 5 heterocycles. The summed E-state index contributed by atoms with van der Waals surface area (Å²) in [5, 5.41) is 26.2. The first-order valence-electron chi connectivity index (χ1n) is 21.0. The lowest BCUT2D eigenvalue weighted by Crippen LogP contribution is -2.43. The van der Waals surface area contributed by atoms with Crippen molar-refractivity contribution in [3.8, 4) is 34.2 Å². The molecule has 4 amide bonds. The zero-order valence-corrected chi connectivity index (χ0v) is 37.9. The number of amides is 4. The van der Waals surface area contributed by atoms with Crippen LogP contribution in [0, 0.1) is 0 Å². The highest BCUT2D eigenvalue weighted by molar-refractivity contribution is 5.90. The van der Waals surface area contributed by atoms with E-state index in [1.54, 1.807) is 114 Å². The fourth-order valence-electron chi connectivity index (χ4n) is 6.61. The van der Waals surface area contributed by atoms with Gasteiger partial charge in [-0.05, 0) is 58.2 Å². The molecule has 6 aromatic rings. The molecule has 0 spiro atoms. The van der Waals surface area contributed by atoms with Crippen LogP contribution in [0.15, 0.2) is 106 Å². The molecule has 3 aromatic carbocycles. The Hall–Kier alpha value is -7.89. The molecule has 0 aliphatic carbocycles. The third-order valence-electron chi connectivity index (χ3n) is 9.76. The lowest BCUT2D eigenvalue weighted by molar-refractivity contribution is 0.0268. The second-order valence-corrected chi connectivity index (χ2v) is 17.1. The summed E-state index contributed by atoms with van der Waals surface area (Å²) in [5.74, 6) is 1.28. The zero-order chi connectivity index (χ0) is 49.9. The van der Waals surface area contributed by atoms with Gasteiger partial charge in [-0.25, -0.2) is 37.2 Å². The summed E-state index contributed by atoms with van der Waals surface area (Å²) in [6.07, 6.45) is -2.36. The van der Waals surface area contributed by atoms with Crippen molar-refractivity contribution in [2.45, 2.75) is 89.2 Å². The molecule has 2 aliphatic rings. The molecule has 2 fully saturated rings. The molecule has 366 valence electrons. The first-order chi connectivity index (χ1) is 32.9. The average molecular weight is 964 g/mol. The van der Waals surface area contributed by atoms with Crippen molar-refractivity contribution >= 4 is 24.4 Å². The predicted octanol–water partition coefficient (Wildman–Crippen LogP) is 7.99. The normalized spacial score (nSPS) is 18.6. The van der Waals surface area contributed by atoms with Crippen molar-refractivity contribution in [1.29, 1.82) is 0 Å². The fraction of sp³-hybridized carbons (Fsp3) is 0.378. The van der Waals surface area contributed by atoms with Crippen LogP contribution in [0.4, 0.5) is 32.3 Å². The monoisotopic (exact) mass is 963 g/mol. The molecule has 6 atom stereocenters. The van der Waals surface area contributed by atoms with E-state index in [9.17, 15) is 37.5 Å². The molecule has 0 saturated carbocycles. The Morgan fingerprint density at radius 2 is 1.16 bits per heavy atom. The number of nitrogens with zero attached hydrogens (tertiary/aromatic N) is 7. The number of alkyl carbamates (subject to hydrolysis) is 2. The van der Waals surface area contributed by atoms with Crippen LogP contribution in [0.2, 0.25) is 0 Å². The van der Waals surface area contributed by atoms with Crippen LogP contribution < -0.4 is 10.6 Å². The minimum absolute atomic E-state index is 0.400. The van der Waals surface area contributed by atoms with E-state index in [-0.39, 0.29) is 0 Å². The number of aromatic nitrogens is 6. The molecule has 21 nitrogen and oxygen atoms in total. The van der Waals surface area contributed by atoms with Gasteiger partial charge in [0.2, 0.25) is 36.7 Å². The molecular weight excluding hydrogens is 916 g/mol. The summed E-state index contributed by atoms with van der Waals surface area (Å²) in [4.78, 5) is 59.7. The van der Waals surface area contributed by atoms with Crippen LogP contribution in [-0.2, 0) is 18.9 Å². The standard InChI is InChI=1S/C17H18FN3O5.C16H20FN3O4.C12H10FN3O3/c1-17(2,3)26-16(23)21-12(8-18)13(25-15(21)22)10-4-6-11(7-5-10)14-19-9-24-20-14;1-16(2,3)24-15(22)19-12(8-17)13(21)10-4-6-11(7-5-10)14-18-9-23-20-14;13-5-9-10(19-12(17)15-9)7-1-3-8(4-2-7)11-14-6-18-16-11/h4-7,9,12-13H,8H2,1-3H3;4-7,9,12-13,21H,8H2,1-3H3,(H,19,22);1-4,6,9-10H,5H2,(H,15,17)/t2*12-,13-;9-,10-/m111/s1. The quantitative estimate of drug-likeness (QED) is 0.104. The molecule has 69 heavy (non-hydrogen) atoms. The van der Waals surface area contributed by atoms with Crippen molar-refractivity contribution in [2.75, 3.05) is 20.0 Å². The van der Waals surface area contributed by atoms with E-state index >= 15 is 0 Å². The summed E-state index contributed by atoms with van der Waals surface area (Å²) in [6.45, 7) is 7.50. The van der Waals surface area contributed by atoms with Crippen molar-refractivity contribution in [3.63, 3.8) is 0 Å². The van der Waals surface area contributed by atoms with Gasteiger partial charge in [-0.2, -0.15) is 15.0 Å². The summed E-state index contributed by atoms with van der Waals surface area (Å²) in [5.41, 5.74) is 2.33. The summed E-state index contributed by atoms with van der Waals surface area (Å²) < 4.78 is 74.2. The highest BCUT2D eigenvalue weighted by Gasteiger charge is 2.48. The number of benzene rings is 3. The Balaban J connectivity index is 0.000000172. The Bertz CT molecular complexity index is 2580. The number of hydrogen-bond acceptors (Lipinski definition) is 18. The Kier molecular flexibility index (Phi) is 16.3.